The molecule has 0 aliphatic rings. The fraction of sp³-hybridized carbons (Fsp3) is 0.350. The summed E-state index contributed by atoms with van der Waals surface area (Å²) < 4.78 is 0. The third kappa shape index (κ3) is 5.81. The van der Waals surface area contributed by atoms with Gasteiger partial charge in [0, 0.05) is 25.3 Å². The molecule has 0 unspecified atom stereocenters. The Morgan fingerprint density at radius 1 is 1.31 bits per heavy atom. The van der Waals surface area contributed by atoms with E-state index in [1.54, 1.807) is 17.8 Å². The number of anilines is 1. The number of allylic oxidation sites excluding steroid dienone is 2. The second-order valence-electron chi connectivity index (χ2n) is 5.93. The Balaban J connectivity index is 1.90. The topological polar surface area (TPSA) is 69.1 Å². The molecule has 2 aromatic rings. The van der Waals surface area contributed by atoms with Gasteiger partial charge in [-0.2, -0.15) is 0 Å². The lowest BCUT2D eigenvalue weighted by Crippen LogP contribution is -2.35. The Hall–Kier alpha value is -2.47. The van der Waals surface area contributed by atoms with Gasteiger partial charge in [-0.05, 0) is 37.1 Å². The average Bonchev–Trinajstić information content (AvgIpc) is 3.19. The lowest BCUT2D eigenvalue weighted by atomic mass is 10.1. The van der Waals surface area contributed by atoms with Crippen molar-refractivity contribution >= 4 is 28.6 Å². The summed E-state index contributed by atoms with van der Waals surface area (Å²) in [7, 11) is 0. The van der Waals surface area contributed by atoms with Gasteiger partial charge in [0.25, 0.3) is 5.91 Å². The summed E-state index contributed by atoms with van der Waals surface area (Å²) in [5, 5.41) is 11.3. The number of aromatic nitrogens is 1. The smallest absolute Gasteiger partial charge is 0.265 e. The van der Waals surface area contributed by atoms with Gasteiger partial charge >= 0.3 is 0 Å². The number of thiazole rings is 1. The molecule has 1 aromatic carbocycles. The Kier molecular flexibility index (Phi) is 8.02. The molecule has 0 bridgehead atoms. The molecule has 0 radical (unpaired) electrons. The van der Waals surface area contributed by atoms with Crippen LogP contribution in [0.3, 0.4) is 0 Å². The minimum Gasteiger partial charge on any atom is -0.383 e. The number of hydrogen-bond donors (Lipinski definition) is 2. The van der Waals surface area contributed by atoms with E-state index in [-0.39, 0.29) is 5.91 Å². The van der Waals surface area contributed by atoms with E-state index >= 15 is 0 Å². The molecule has 0 saturated carbocycles. The number of hydrogen-bond acceptors (Lipinski definition) is 5. The van der Waals surface area contributed by atoms with Crippen molar-refractivity contribution in [1.29, 1.82) is 5.41 Å². The summed E-state index contributed by atoms with van der Waals surface area (Å²) in [6.07, 6.45) is 7.32. The third-order valence-electron chi connectivity index (χ3n) is 3.95. The molecule has 0 aliphatic heterocycles. The van der Waals surface area contributed by atoms with Crippen LogP contribution >= 0.6 is 11.3 Å². The summed E-state index contributed by atoms with van der Waals surface area (Å²) in [6.45, 7) is 6.12. The molecule has 0 aliphatic carbocycles. The van der Waals surface area contributed by atoms with Gasteiger partial charge in [0.1, 0.15) is 4.88 Å². The lowest BCUT2D eigenvalue weighted by molar-refractivity contribution is 0.0764. The van der Waals surface area contributed by atoms with Crippen molar-refractivity contribution in [3.63, 3.8) is 0 Å². The number of nitrogens with zero attached hydrogens (tertiary/aromatic N) is 2. The number of rotatable bonds is 10. The Morgan fingerprint density at radius 3 is 2.69 bits per heavy atom. The summed E-state index contributed by atoms with van der Waals surface area (Å²) in [5.74, 6) is 0.0536. The van der Waals surface area contributed by atoms with Gasteiger partial charge in [0.15, 0.2) is 0 Å². The highest BCUT2D eigenvalue weighted by atomic mass is 32.1. The quantitative estimate of drug-likeness (QED) is 0.607. The van der Waals surface area contributed by atoms with E-state index in [2.05, 4.69) is 17.2 Å². The van der Waals surface area contributed by atoms with Crippen molar-refractivity contribution in [2.45, 2.75) is 26.7 Å². The first-order valence-electron chi connectivity index (χ1n) is 8.89. The molecule has 2 N–H and O–H groups in total. The molecule has 1 amide bonds. The van der Waals surface area contributed by atoms with Crippen molar-refractivity contribution < 1.29 is 4.79 Å². The van der Waals surface area contributed by atoms with Crippen LogP contribution in [0.2, 0.25) is 0 Å². The Bertz CT molecular complexity index is 723. The van der Waals surface area contributed by atoms with E-state index in [0.717, 1.165) is 30.6 Å². The molecule has 6 heteroatoms. The Labute approximate surface area is 159 Å². The van der Waals surface area contributed by atoms with Crippen LogP contribution in [0.25, 0.3) is 0 Å². The van der Waals surface area contributed by atoms with Crippen molar-refractivity contribution in [3.05, 3.63) is 58.6 Å². The first-order valence-corrected chi connectivity index (χ1v) is 9.77. The molecule has 138 valence electrons. The number of benzene rings is 1. The molecule has 0 spiro atoms. The maximum atomic E-state index is 12.6. The van der Waals surface area contributed by atoms with Gasteiger partial charge in [0.05, 0.1) is 17.4 Å². The second-order valence-corrected chi connectivity index (χ2v) is 6.82. The SMILES string of the molecule is C/C=C\C(=N)c1ccc(NCCN(CCCC)C(=O)c2cncs2)cc1. The van der Waals surface area contributed by atoms with Crippen molar-refractivity contribution in [2.75, 3.05) is 25.0 Å². The molecule has 26 heavy (non-hydrogen) atoms. The summed E-state index contributed by atoms with van der Waals surface area (Å²) in [6, 6.07) is 7.80. The number of amides is 1. The molecule has 0 atom stereocenters. The van der Waals surface area contributed by atoms with E-state index in [4.69, 9.17) is 5.41 Å². The van der Waals surface area contributed by atoms with E-state index in [1.807, 2.05) is 42.2 Å². The van der Waals surface area contributed by atoms with Crippen LogP contribution in [0, 0.1) is 5.41 Å². The van der Waals surface area contributed by atoms with E-state index < -0.39 is 0 Å². The third-order valence-corrected chi connectivity index (χ3v) is 4.71. The average molecular weight is 371 g/mol. The van der Waals surface area contributed by atoms with E-state index in [1.165, 1.54) is 11.3 Å². The van der Waals surface area contributed by atoms with Crippen LogP contribution in [0.4, 0.5) is 5.69 Å². The summed E-state index contributed by atoms with van der Waals surface area (Å²) in [4.78, 5) is 19.2. The van der Waals surface area contributed by atoms with Gasteiger partial charge in [-0.15, -0.1) is 11.3 Å². The predicted octanol–water partition coefficient (Wildman–Crippen LogP) is 4.44. The van der Waals surface area contributed by atoms with Gasteiger partial charge in [-0.3, -0.25) is 9.78 Å². The van der Waals surface area contributed by atoms with Crippen LogP contribution in [0.5, 0.6) is 0 Å². The molecule has 0 saturated heterocycles. The normalized spacial score (nSPS) is 10.8. The first-order chi connectivity index (χ1) is 12.7. The minimum absolute atomic E-state index is 0.0536. The van der Waals surface area contributed by atoms with Gasteiger partial charge in [-0.1, -0.05) is 31.6 Å². The first kappa shape index (κ1) is 19.8. The zero-order chi connectivity index (χ0) is 18.8. The fourth-order valence-corrected chi connectivity index (χ4v) is 3.09. The minimum atomic E-state index is 0.0536. The number of carbonyl (C=O) groups is 1. The molecule has 0 fully saturated rings. The van der Waals surface area contributed by atoms with Gasteiger partial charge in [0.2, 0.25) is 0 Å². The second kappa shape index (κ2) is 10.5. The highest BCUT2D eigenvalue weighted by Gasteiger charge is 2.16. The largest absolute Gasteiger partial charge is 0.383 e. The van der Waals surface area contributed by atoms with Crippen molar-refractivity contribution in [1.82, 2.24) is 9.88 Å². The van der Waals surface area contributed by atoms with E-state index in [9.17, 15) is 4.79 Å². The van der Waals surface area contributed by atoms with Gasteiger partial charge < -0.3 is 15.6 Å². The van der Waals surface area contributed by atoms with Crippen LogP contribution in [-0.4, -0.2) is 41.1 Å². The number of nitrogens with one attached hydrogen (secondary N) is 2. The summed E-state index contributed by atoms with van der Waals surface area (Å²) >= 11 is 1.38. The maximum Gasteiger partial charge on any atom is 0.265 e. The Morgan fingerprint density at radius 2 is 2.08 bits per heavy atom. The zero-order valence-electron chi connectivity index (χ0n) is 15.4. The number of unbranched alkanes of at least 4 members (excludes halogenated alkanes) is 1. The van der Waals surface area contributed by atoms with E-state index in [0.29, 0.717) is 23.7 Å². The number of carbonyl (C=O) groups excluding carboxylic acids is 1. The van der Waals surface area contributed by atoms with Crippen LogP contribution in [0.1, 0.15) is 41.9 Å². The lowest BCUT2D eigenvalue weighted by Gasteiger charge is -2.22. The molecule has 1 aromatic heterocycles. The van der Waals surface area contributed by atoms with Crippen molar-refractivity contribution in [3.8, 4) is 0 Å². The molecule has 5 nitrogen and oxygen atoms in total. The molecule has 1 heterocycles. The molecule has 2 rings (SSSR count). The van der Waals surface area contributed by atoms with Crippen molar-refractivity contribution in [2.24, 2.45) is 0 Å². The highest BCUT2D eigenvalue weighted by Crippen LogP contribution is 2.12. The predicted molar refractivity (Wildman–Crippen MR) is 109 cm³/mol. The zero-order valence-corrected chi connectivity index (χ0v) is 16.2. The monoisotopic (exact) mass is 370 g/mol. The maximum absolute atomic E-state index is 12.6. The highest BCUT2D eigenvalue weighted by molar-refractivity contribution is 7.11. The van der Waals surface area contributed by atoms with Crippen LogP contribution in [-0.2, 0) is 0 Å². The van der Waals surface area contributed by atoms with Gasteiger partial charge in [-0.25, -0.2) is 0 Å². The standard InChI is InChI=1S/C20H26N4OS/c1-3-5-12-24(20(25)19-14-22-15-26-19)13-11-23-17-9-7-16(8-10-17)18(21)6-4-2/h4,6-10,14-15,21,23H,3,5,11-13H2,1-2H3/b6-4-,21-18?. The van der Waals surface area contributed by atoms with Crippen LogP contribution < -0.4 is 5.32 Å². The molecular formula is C20H26N4OS. The molecular weight excluding hydrogens is 344 g/mol. The van der Waals surface area contributed by atoms with Crippen LogP contribution in [0.15, 0.2) is 48.1 Å². The summed E-state index contributed by atoms with van der Waals surface area (Å²) in [5.41, 5.74) is 4.07. The fourth-order valence-electron chi connectivity index (χ4n) is 2.51.